The molecule has 0 saturated heterocycles. The van der Waals surface area contributed by atoms with Gasteiger partial charge in [-0.15, -0.1) is 0 Å². The van der Waals surface area contributed by atoms with E-state index in [1.54, 1.807) is 0 Å². The minimum absolute atomic E-state index is 0.229. The van der Waals surface area contributed by atoms with Crippen molar-refractivity contribution in [2.75, 3.05) is 0 Å². The molecule has 0 heterocycles. The van der Waals surface area contributed by atoms with Gasteiger partial charge in [0.25, 0.3) is 0 Å². The lowest BCUT2D eigenvalue weighted by Gasteiger charge is -2.31. The maximum atomic E-state index is 6.23. The summed E-state index contributed by atoms with van der Waals surface area (Å²) in [6, 6.07) is 2.45. The Morgan fingerprint density at radius 2 is 1.93 bits per heavy atom. The first-order valence-electron chi connectivity index (χ1n) is 5.57. The van der Waals surface area contributed by atoms with E-state index >= 15 is 0 Å². The number of rotatable bonds is 0. The second-order valence-electron chi connectivity index (χ2n) is 4.71. The van der Waals surface area contributed by atoms with Crippen molar-refractivity contribution in [2.24, 2.45) is 5.73 Å². The lowest BCUT2D eigenvalue weighted by molar-refractivity contribution is 0.508. The largest absolute Gasteiger partial charge is 0.324 e. The van der Waals surface area contributed by atoms with Crippen molar-refractivity contribution in [3.05, 3.63) is 32.8 Å². The summed E-state index contributed by atoms with van der Waals surface area (Å²) in [5.74, 6) is 0.659. The van der Waals surface area contributed by atoms with E-state index in [2.05, 4.69) is 42.8 Å². The Hall–Kier alpha value is -0.340. The molecule has 1 aliphatic carbocycles. The van der Waals surface area contributed by atoms with Gasteiger partial charge in [0.05, 0.1) is 0 Å². The average molecular weight is 268 g/mol. The van der Waals surface area contributed by atoms with E-state index in [0.29, 0.717) is 5.92 Å². The Morgan fingerprint density at radius 3 is 2.60 bits per heavy atom. The minimum Gasteiger partial charge on any atom is -0.324 e. The molecule has 0 saturated carbocycles. The van der Waals surface area contributed by atoms with Crippen molar-refractivity contribution in [2.45, 2.75) is 45.6 Å². The highest BCUT2D eigenvalue weighted by atomic mass is 79.9. The van der Waals surface area contributed by atoms with Crippen molar-refractivity contribution in [3.8, 4) is 0 Å². The van der Waals surface area contributed by atoms with E-state index in [1.165, 1.54) is 33.1 Å². The molecule has 0 radical (unpaired) electrons. The van der Waals surface area contributed by atoms with Gasteiger partial charge in [0.1, 0.15) is 0 Å². The number of benzene rings is 1. The predicted octanol–water partition coefficient (Wildman–Crippen LogP) is 3.96. The van der Waals surface area contributed by atoms with Crippen molar-refractivity contribution < 1.29 is 0 Å². The molecule has 0 spiro atoms. The van der Waals surface area contributed by atoms with Gasteiger partial charge in [-0.3, -0.25) is 0 Å². The first-order chi connectivity index (χ1) is 7.02. The van der Waals surface area contributed by atoms with Crippen LogP contribution in [0.1, 0.15) is 54.0 Å². The van der Waals surface area contributed by atoms with Crippen LogP contribution < -0.4 is 5.73 Å². The molecule has 0 bridgehead atoms. The SMILES string of the molecule is Cc1cc(Br)c(C)c2c1C(C)CC[C@@H]2N. The summed E-state index contributed by atoms with van der Waals surface area (Å²) in [5, 5.41) is 0. The summed E-state index contributed by atoms with van der Waals surface area (Å²) in [6.07, 6.45) is 2.33. The maximum absolute atomic E-state index is 6.23. The molecule has 1 aromatic rings. The van der Waals surface area contributed by atoms with Crippen LogP contribution in [0.5, 0.6) is 0 Å². The van der Waals surface area contributed by atoms with Gasteiger partial charge in [0.15, 0.2) is 0 Å². The number of aryl methyl sites for hydroxylation is 1. The zero-order valence-electron chi connectivity index (χ0n) is 9.60. The number of hydrogen-bond acceptors (Lipinski definition) is 1. The molecule has 1 unspecified atom stereocenters. The second kappa shape index (κ2) is 3.91. The Bertz CT molecular complexity index is 398. The molecular formula is C13H18BrN. The minimum atomic E-state index is 0.229. The monoisotopic (exact) mass is 267 g/mol. The lowest BCUT2D eigenvalue weighted by Crippen LogP contribution is -2.22. The Balaban J connectivity index is 2.71. The molecule has 1 nitrogen and oxygen atoms in total. The first kappa shape index (κ1) is 11.2. The van der Waals surface area contributed by atoms with Crippen LogP contribution in [0.25, 0.3) is 0 Å². The fourth-order valence-corrected chi connectivity index (χ4v) is 3.33. The van der Waals surface area contributed by atoms with Gasteiger partial charge in [0, 0.05) is 10.5 Å². The standard InChI is InChI=1S/C13H18BrN/c1-7-4-5-11(15)13-9(3)10(14)6-8(2)12(7)13/h6-7,11H,4-5,15H2,1-3H3/t7?,11-/m0/s1. The van der Waals surface area contributed by atoms with Gasteiger partial charge in [-0.05, 0) is 60.9 Å². The van der Waals surface area contributed by atoms with Gasteiger partial charge in [0.2, 0.25) is 0 Å². The van der Waals surface area contributed by atoms with Crippen LogP contribution in [0.4, 0.5) is 0 Å². The third-order valence-corrected chi connectivity index (χ3v) is 4.42. The zero-order valence-corrected chi connectivity index (χ0v) is 11.2. The van der Waals surface area contributed by atoms with E-state index in [9.17, 15) is 0 Å². The van der Waals surface area contributed by atoms with E-state index in [4.69, 9.17) is 5.73 Å². The number of nitrogens with two attached hydrogens (primary N) is 1. The summed E-state index contributed by atoms with van der Waals surface area (Å²) in [5.41, 5.74) is 11.8. The average Bonchev–Trinajstić information content (AvgIpc) is 2.18. The molecule has 1 aliphatic rings. The molecule has 2 heteroatoms. The fraction of sp³-hybridized carbons (Fsp3) is 0.538. The number of fused-ring (bicyclic) bond motifs is 1. The van der Waals surface area contributed by atoms with Crippen LogP contribution in [0, 0.1) is 13.8 Å². The van der Waals surface area contributed by atoms with Crippen LogP contribution in [0.3, 0.4) is 0 Å². The second-order valence-corrected chi connectivity index (χ2v) is 5.57. The highest BCUT2D eigenvalue weighted by Crippen LogP contribution is 2.41. The zero-order chi connectivity index (χ0) is 11.2. The molecule has 0 fully saturated rings. The summed E-state index contributed by atoms with van der Waals surface area (Å²) < 4.78 is 1.20. The number of hydrogen-bond donors (Lipinski definition) is 1. The fourth-order valence-electron chi connectivity index (χ4n) is 2.77. The molecule has 0 aromatic heterocycles. The molecule has 2 N–H and O–H groups in total. The topological polar surface area (TPSA) is 26.0 Å². The summed E-state index contributed by atoms with van der Waals surface area (Å²) in [6.45, 7) is 6.67. The van der Waals surface area contributed by atoms with Gasteiger partial charge >= 0.3 is 0 Å². The summed E-state index contributed by atoms with van der Waals surface area (Å²) in [7, 11) is 0. The summed E-state index contributed by atoms with van der Waals surface area (Å²) in [4.78, 5) is 0. The Labute approximate surface area is 100 Å². The third-order valence-electron chi connectivity index (χ3n) is 3.59. The Kier molecular flexibility index (Phi) is 2.91. The van der Waals surface area contributed by atoms with Crippen LogP contribution in [0.15, 0.2) is 10.5 Å². The molecule has 15 heavy (non-hydrogen) atoms. The van der Waals surface area contributed by atoms with Crippen molar-refractivity contribution in [1.29, 1.82) is 0 Å². The molecule has 2 rings (SSSR count). The van der Waals surface area contributed by atoms with Crippen molar-refractivity contribution in [3.63, 3.8) is 0 Å². The third kappa shape index (κ3) is 1.74. The highest BCUT2D eigenvalue weighted by Gasteiger charge is 2.26. The van der Waals surface area contributed by atoms with Crippen molar-refractivity contribution >= 4 is 15.9 Å². The van der Waals surface area contributed by atoms with Gasteiger partial charge < -0.3 is 5.73 Å². The van der Waals surface area contributed by atoms with Crippen LogP contribution in [-0.2, 0) is 0 Å². The highest BCUT2D eigenvalue weighted by molar-refractivity contribution is 9.10. The van der Waals surface area contributed by atoms with Crippen molar-refractivity contribution in [1.82, 2.24) is 0 Å². The van der Waals surface area contributed by atoms with Gasteiger partial charge in [-0.1, -0.05) is 22.9 Å². The molecule has 0 aliphatic heterocycles. The normalized spacial score (nSPS) is 25.1. The first-order valence-corrected chi connectivity index (χ1v) is 6.36. The lowest BCUT2D eigenvalue weighted by atomic mass is 9.77. The van der Waals surface area contributed by atoms with Crippen LogP contribution >= 0.6 is 15.9 Å². The van der Waals surface area contributed by atoms with Crippen LogP contribution in [0.2, 0.25) is 0 Å². The molecule has 0 amide bonds. The summed E-state index contributed by atoms with van der Waals surface area (Å²) >= 11 is 3.62. The van der Waals surface area contributed by atoms with Gasteiger partial charge in [-0.2, -0.15) is 0 Å². The van der Waals surface area contributed by atoms with E-state index in [0.717, 1.165) is 6.42 Å². The quantitative estimate of drug-likeness (QED) is 0.757. The van der Waals surface area contributed by atoms with Crippen LogP contribution in [-0.4, -0.2) is 0 Å². The molecular weight excluding hydrogens is 250 g/mol. The van der Waals surface area contributed by atoms with E-state index in [1.807, 2.05) is 0 Å². The molecule has 1 aromatic carbocycles. The Morgan fingerprint density at radius 1 is 1.27 bits per heavy atom. The number of halogens is 1. The predicted molar refractivity (Wildman–Crippen MR) is 68.2 cm³/mol. The maximum Gasteiger partial charge on any atom is 0.0301 e. The van der Waals surface area contributed by atoms with E-state index in [-0.39, 0.29) is 6.04 Å². The molecule has 2 atom stereocenters. The van der Waals surface area contributed by atoms with Gasteiger partial charge in [-0.25, -0.2) is 0 Å². The van der Waals surface area contributed by atoms with E-state index < -0.39 is 0 Å². The molecule has 82 valence electrons. The smallest absolute Gasteiger partial charge is 0.0301 e.